The topological polar surface area (TPSA) is 37.2 Å². The highest BCUT2D eigenvalue weighted by Crippen LogP contribution is 2.30. The van der Waals surface area contributed by atoms with Gasteiger partial charge < -0.3 is 4.74 Å². The average molecular weight is 324 g/mol. The van der Waals surface area contributed by atoms with Crippen LogP contribution in [-0.4, -0.2) is 35.1 Å². The van der Waals surface area contributed by atoms with E-state index in [1.54, 1.807) is 7.11 Å². The highest BCUT2D eigenvalue weighted by Gasteiger charge is 2.27. The van der Waals surface area contributed by atoms with Crippen molar-refractivity contribution in [1.82, 2.24) is 5.01 Å². The first kappa shape index (κ1) is 17.2. The van der Waals surface area contributed by atoms with Gasteiger partial charge in [0.15, 0.2) is 0 Å². The minimum absolute atomic E-state index is 0.277. The Hall–Kier alpha value is -1.13. The number of aliphatic imine (C=N–C) groups is 1. The van der Waals surface area contributed by atoms with Crippen LogP contribution in [0.4, 0.5) is 0 Å². The predicted octanol–water partition coefficient (Wildman–Crippen LogP) is 4.33. The summed E-state index contributed by atoms with van der Waals surface area (Å²) in [4.78, 5) is 4.79. The largest absolute Gasteiger partial charge is 0.377 e. The van der Waals surface area contributed by atoms with Gasteiger partial charge in [0.05, 0.1) is 23.6 Å². The summed E-state index contributed by atoms with van der Waals surface area (Å²) in [5.41, 5.74) is 2.99. The van der Waals surface area contributed by atoms with Crippen LogP contribution in [0.15, 0.2) is 33.6 Å². The number of hydrogen-bond acceptors (Lipinski definition) is 4. The SMILES string of the molecule is CCC1=CC(C)CC=C2C(=NCC(C)(C)OC)CC(Cl)=NN12. The molecule has 0 aromatic rings. The molecule has 0 saturated carbocycles. The number of hydrogen-bond donors (Lipinski definition) is 0. The van der Waals surface area contributed by atoms with Gasteiger partial charge in [-0.25, -0.2) is 5.01 Å². The van der Waals surface area contributed by atoms with Gasteiger partial charge in [0.25, 0.3) is 0 Å². The van der Waals surface area contributed by atoms with Gasteiger partial charge in [-0.1, -0.05) is 37.6 Å². The molecule has 122 valence electrons. The lowest BCUT2D eigenvalue weighted by Crippen LogP contribution is -2.31. The molecule has 2 aliphatic rings. The summed E-state index contributed by atoms with van der Waals surface area (Å²) in [6, 6.07) is 0. The summed E-state index contributed by atoms with van der Waals surface area (Å²) >= 11 is 6.27. The molecular formula is C17H26ClN3O. The highest BCUT2D eigenvalue weighted by molar-refractivity contribution is 6.67. The molecule has 0 fully saturated rings. The fourth-order valence-electron chi connectivity index (χ4n) is 2.49. The van der Waals surface area contributed by atoms with Crippen LogP contribution >= 0.6 is 11.6 Å². The van der Waals surface area contributed by atoms with Crippen molar-refractivity contribution >= 4 is 22.5 Å². The third-order valence-electron chi connectivity index (χ3n) is 4.04. The summed E-state index contributed by atoms with van der Waals surface area (Å²) in [5, 5.41) is 7.08. The van der Waals surface area contributed by atoms with Crippen LogP contribution in [0.5, 0.6) is 0 Å². The van der Waals surface area contributed by atoms with Crippen LogP contribution in [0.25, 0.3) is 0 Å². The number of ether oxygens (including phenoxy) is 1. The number of allylic oxidation sites excluding steroid dienone is 4. The Kier molecular flexibility index (Phi) is 5.45. The van der Waals surface area contributed by atoms with E-state index in [-0.39, 0.29) is 5.60 Å². The number of methoxy groups -OCH3 is 1. The second-order valence-corrected chi connectivity index (χ2v) is 6.94. The molecule has 1 atom stereocenters. The Morgan fingerprint density at radius 3 is 2.86 bits per heavy atom. The monoisotopic (exact) mass is 323 g/mol. The van der Waals surface area contributed by atoms with E-state index in [2.05, 4.69) is 31.1 Å². The van der Waals surface area contributed by atoms with E-state index in [0.29, 0.717) is 24.1 Å². The second kappa shape index (κ2) is 6.97. The fraction of sp³-hybridized carbons (Fsp3) is 0.647. The Balaban J connectivity index is 2.36. The van der Waals surface area contributed by atoms with Crippen molar-refractivity contribution in [1.29, 1.82) is 0 Å². The maximum absolute atomic E-state index is 6.27. The Morgan fingerprint density at radius 2 is 2.23 bits per heavy atom. The summed E-state index contributed by atoms with van der Waals surface area (Å²) in [7, 11) is 1.71. The van der Waals surface area contributed by atoms with E-state index in [0.717, 1.165) is 24.3 Å². The number of halogens is 1. The van der Waals surface area contributed by atoms with Gasteiger partial charge >= 0.3 is 0 Å². The van der Waals surface area contributed by atoms with Crippen LogP contribution in [0, 0.1) is 5.92 Å². The van der Waals surface area contributed by atoms with E-state index in [9.17, 15) is 0 Å². The Labute approximate surface area is 138 Å². The molecule has 0 N–H and O–H groups in total. The quantitative estimate of drug-likeness (QED) is 0.772. The zero-order valence-electron chi connectivity index (χ0n) is 14.2. The van der Waals surface area contributed by atoms with Gasteiger partial charge in [-0.15, -0.1) is 0 Å². The van der Waals surface area contributed by atoms with Gasteiger partial charge in [0.1, 0.15) is 5.17 Å². The molecule has 5 heteroatoms. The normalized spacial score (nSPS) is 24.5. The molecule has 1 unspecified atom stereocenters. The van der Waals surface area contributed by atoms with E-state index in [1.807, 2.05) is 18.9 Å². The lowest BCUT2D eigenvalue weighted by Gasteiger charge is -2.29. The van der Waals surface area contributed by atoms with E-state index in [1.165, 1.54) is 5.70 Å². The number of rotatable bonds is 4. The van der Waals surface area contributed by atoms with Gasteiger partial charge in [0, 0.05) is 19.2 Å². The Bertz CT molecular complexity index is 546. The molecule has 0 amide bonds. The molecule has 4 nitrogen and oxygen atoms in total. The molecule has 22 heavy (non-hydrogen) atoms. The summed E-state index contributed by atoms with van der Waals surface area (Å²) in [6.45, 7) is 9.04. The van der Waals surface area contributed by atoms with Crippen molar-refractivity contribution in [3.63, 3.8) is 0 Å². The van der Waals surface area contributed by atoms with Gasteiger partial charge in [0.2, 0.25) is 0 Å². The molecule has 0 spiro atoms. The van der Waals surface area contributed by atoms with E-state index in [4.69, 9.17) is 21.3 Å². The zero-order chi connectivity index (χ0) is 16.3. The van der Waals surface area contributed by atoms with Gasteiger partial charge in [-0.05, 0) is 32.6 Å². The molecule has 2 aliphatic heterocycles. The minimum Gasteiger partial charge on any atom is -0.377 e. The first-order valence-corrected chi connectivity index (χ1v) is 8.27. The van der Waals surface area contributed by atoms with E-state index >= 15 is 0 Å². The average Bonchev–Trinajstić information content (AvgIpc) is 2.64. The standard InChI is InChI=1S/C17H26ClN3O/c1-6-13-9-12(2)7-8-15-14(10-16(18)20-21(13)15)19-11-17(3,4)22-5/h8-9,12H,6-7,10-11H2,1-5H3. The fourth-order valence-corrected chi connectivity index (χ4v) is 2.69. The summed E-state index contributed by atoms with van der Waals surface area (Å²) in [6.07, 6.45) is 7.02. The first-order chi connectivity index (χ1) is 10.4. The molecule has 0 saturated heterocycles. The predicted molar refractivity (Wildman–Crippen MR) is 93.4 cm³/mol. The highest BCUT2D eigenvalue weighted by atomic mass is 35.5. The summed E-state index contributed by atoms with van der Waals surface area (Å²) < 4.78 is 5.46. The van der Waals surface area contributed by atoms with Crippen molar-refractivity contribution < 1.29 is 4.74 Å². The number of hydrazone groups is 1. The van der Waals surface area contributed by atoms with Crippen LogP contribution in [-0.2, 0) is 4.74 Å². The second-order valence-electron chi connectivity index (χ2n) is 6.51. The number of fused-ring (bicyclic) bond motifs is 1. The van der Waals surface area contributed by atoms with Crippen molar-refractivity contribution in [2.75, 3.05) is 13.7 Å². The maximum Gasteiger partial charge on any atom is 0.133 e. The summed E-state index contributed by atoms with van der Waals surface area (Å²) in [5.74, 6) is 0.499. The molecule has 0 bridgehead atoms. The Morgan fingerprint density at radius 1 is 1.50 bits per heavy atom. The third kappa shape index (κ3) is 3.99. The van der Waals surface area contributed by atoms with Gasteiger partial charge in [-0.2, -0.15) is 5.10 Å². The smallest absolute Gasteiger partial charge is 0.133 e. The van der Waals surface area contributed by atoms with Crippen LogP contribution in [0.3, 0.4) is 0 Å². The lowest BCUT2D eigenvalue weighted by molar-refractivity contribution is 0.0311. The minimum atomic E-state index is -0.277. The van der Waals surface area contributed by atoms with Crippen molar-refractivity contribution in [2.45, 2.75) is 52.6 Å². The molecule has 0 aromatic heterocycles. The van der Waals surface area contributed by atoms with E-state index < -0.39 is 0 Å². The molecule has 2 heterocycles. The van der Waals surface area contributed by atoms with Gasteiger partial charge in [-0.3, -0.25) is 4.99 Å². The van der Waals surface area contributed by atoms with Crippen LogP contribution in [0.2, 0.25) is 0 Å². The molecule has 0 radical (unpaired) electrons. The maximum atomic E-state index is 6.27. The molecule has 2 rings (SSSR count). The number of nitrogens with zero attached hydrogens (tertiary/aromatic N) is 3. The van der Waals surface area contributed by atoms with Crippen molar-refractivity contribution in [3.8, 4) is 0 Å². The van der Waals surface area contributed by atoms with Crippen molar-refractivity contribution in [2.24, 2.45) is 16.0 Å². The lowest BCUT2D eigenvalue weighted by atomic mass is 10.1. The third-order valence-corrected chi connectivity index (χ3v) is 4.25. The van der Waals surface area contributed by atoms with Crippen LogP contribution < -0.4 is 0 Å². The molecule has 0 aliphatic carbocycles. The van der Waals surface area contributed by atoms with Crippen LogP contribution in [0.1, 0.15) is 47.0 Å². The zero-order valence-corrected chi connectivity index (χ0v) is 14.9. The first-order valence-electron chi connectivity index (χ1n) is 7.89. The van der Waals surface area contributed by atoms with Crippen molar-refractivity contribution in [3.05, 3.63) is 23.5 Å². The molecule has 0 aromatic carbocycles. The molecular weight excluding hydrogens is 298 g/mol.